The van der Waals surface area contributed by atoms with Gasteiger partial charge in [0.25, 0.3) is 0 Å². The second kappa shape index (κ2) is 9.50. The fraction of sp³-hybridized carbons (Fsp3) is 0.500. The van der Waals surface area contributed by atoms with Gasteiger partial charge in [-0.2, -0.15) is 0 Å². The van der Waals surface area contributed by atoms with Crippen molar-refractivity contribution in [1.82, 2.24) is 10.6 Å². The fourth-order valence-electron chi connectivity index (χ4n) is 1.46. The predicted octanol–water partition coefficient (Wildman–Crippen LogP) is 2.68. The zero-order chi connectivity index (χ0) is 13.9. The molecule has 1 aromatic rings. The minimum absolute atomic E-state index is 0.566. The highest BCUT2D eigenvalue weighted by Crippen LogP contribution is 2.16. The molecule has 1 aromatic carbocycles. The Morgan fingerprint density at radius 2 is 2.16 bits per heavy atom. The second-order valence-corrected chi connectivity index (χ2v) is 4.43. The van der Waals surface area contributed by atoms with Gasteiger partial charge in [-0.1, -0.05) is 24.6 Å². The van der Waals surface area contributed by atoms with Crippen LogP contribution < -0.4 is 15.4 Å². The summed E-state index contributed by atoms with van der Waals surface area (Å²) in [6, 6.07) is 7.39. The quantitative estimate of drug-likeness (QED) is 0.459. The average molecular weight is 284 g/mol. The molecule has 0 saturated carbocycles. The molecule has 0 aliphatic carbocycles. The van der Waals surface area contributed by atoms with Gasteiger partial charge in [0.05, 0.1) is 6.54 Å². The number of ether oxygens (including phenoxy) is 1. The van der Waals surface area contributed by atoms with Crippen molar-refractivity contribution in [2.24, 2.45) is 4.99 Å². The van der Waals surface area contributed by atoms with Gasteiger partial charge in [-0.25, -0.2) is 0 Å². The van der Waals surface area contributed by atoms with Crippen molar-refractivity contribution in [1.29, 1.82) is 0 Å². The highest BCUT2D eigenvalue weighted by atomic mass is 35.5. The number of benzene rings is 1. The number of aliphatic imine (C=N–C) groups is 1. The minimum Gasteiger partial charge on any atom is -0.492 e. The van der Waals surface area contributed by atoms with Gasteiger partial charge in [0.1, 0.15) is 12.4 Å². The summed E-state index contributed by atoms with van der Waals surface area (Å²) in [5.74, 6) is 1.61. The van der Waals surface area contributed by atoms with Crippen LogP contribution in [0.3, 0.4) is 0 Å². The van der Waals surface area contributed by atoms with E-state index in [1.807, 2.05) is 25.1 Å². The lowest BCUT2D eigenvalue weighted by Crippen LogP contribution is -2.39. The normalized spacial score (nSPS) is 11.2. The maximum absolute atomic E-state index is 5.88. The molecule has 0 saturated heterocycles. The van der Waals surface area contributed by atoms with Crippen LogP contribution in [0.1, 0.15) is 20.3 Å². The van der Waals surface area contributed by atoms with Crippen LogP contribution in [0.4, 0.5) is 0 Å². The largest absolute Gasteiger partial charge is 0.492 e. The molecule has 0 fully saturated rings. The summed E-state index contributed by atoms with van der Waals surface area (Å²) < 4.78 is 5.59. The van der Waals surface area contributed by atoms with Crippen molar-refractivity contribution in [3.05, 3.63) is 29.3 Å². The molecular weight excluding hydrogens is 262 g/mol. The summed E-state index contributed by atoms with van der Waals surface area (Å²) in [7, 11) is 0. The molecular formula is C14H22ClN3O. The third kappa shape index (κ3) is 6.91. The summed E-state index contributed by atoms with van der Waals surface area (Å²) in [6.07, 6.45) is 1.04. The number of halogens is 1. The molecule has 1 rings (SSSR count). The minimum atomic E-state index is 0.566. The second-order valence-electron chi connectivity index (χ2n) is 3.99. The van der Waals surface area contributed by atoms with Crippen LogP contribution in [0.2, 0.25) is 5.02 Å². The molecule has 5 heteroatoms. The molecule has 0 heterocycles. The predicted molar refractivity (Wildman–Crippen MR) is 81.2 cm³/mol. The first-order valence-corrected chi connectivity index (χ1v) is 7.04. The van der Waals surface area contributed by atoms with Crippen molar-refractivity contribution in [2.75, 3.05) is 26.2 Å². The Kier molecular flexibility index (Phi) is 7.82. The standard InChI is InChI=1S/C14H22ClN3O/c1-3-8-17-14(16-4-2)18-9-10-19-13-7-5-6-12(15)11-13/h5-7,11H,3-4,8-10H2,1-2H3,(H2,16,17,18). The summed E-state index contributed by atoms with van der Waals surface area (Å²) in [4.78, 5) is 4.41. The van der Waals surface area contributed by atoms with Gasteiger partial charge in [-0.15, -0.1) is 0 Å². The molecule has 0 aromatic heterocycles. The molecule has 0 bridgehead atoms. The van der Waals surface area contributed by atoms with Crippen molar-refractivity contribution in [2.45, 2.75) is 20.3 Å². The van der Waals surface area contributed by atoms with Gasteiger partial charge in [0, 0.05) is 18.1 Å². The van der Waals surface area contributed by atoms with Crippen LogP contribution in [0.5, 0.6) is 5.75 Å². The lowest BCUT2D eigenvalue weighted by Gasteiger charge is -2.12. The van der Waals surface area contributed by atoms with E-state index in [1.54, 1.807) is 6.07 Å². The van der Waals surface area contributed by atoms with Gasteiger partial charge in [-0.05, 0) is 31.5 Å². The average Bonchev–Trinajstić information content (AvgIpc) is 2.41. The number of hydrogen-bond acceptors (Lipinski definition) is 2. The van der Waals surface area contributed by atoms with E-state index in [1.165, 1.54) is 0 Å². The lowest BCUT2D eigenvalue weighted by molar-refractivity contribution is 0.322. The first-order chi connectivity index (χ1) is 9.26. The van der Waals surface area contributed by atoms with E-state index in [0.717, 1.165) is 31.2 Å². The smallest absolute Gasteiger partial charge is 0.191 e. The lowest BCUT2D eigenvalue weighted by atomic mass is 10.3. The number of guanidine groups is 1. The Hall–Kier alpha value is -1.42. The molecule has 4 nitrogen and oxygen atoms in total. The maximum Gasteiger partial charge on any atom is 0.191 e. The van der Waals surface area contributed by atoms with Gasteiger partial charge >= 0.3 is 0 Å². The third-order valence-corrected chi connectivity index (χ3v) is 2.53. The van der Waals surface area contributed by atoms with Crippen molar-refractivity contribution in [3.8, 4) is 5.75 Å². The summed E-state index contributed by atoms with van der Waals surface area (Å²) in [6.45, 7) is 7.09. The molecule has 19 heavy (non-hydrogen) atoms. The molecule has 0 aliphatic heterocycles. The van der Waals surface area contributed by atoms with Gasteiger partial charge < -0.3 is 15.4 Å². The monoisotopic (exact) mass is 283 g/mol. The number of nitrogens with zero attached hydrogens (tertiary/aromatic N) is 1. The van der Waals surface area contributed by atoms with Crippen molar-refractivity contribution >= 4 is 17.6 Å². The van der Waals surface area contributed by atoms with Crippen molar-refractivity contribution < 1.29 is 4.74 Å². The number of hydrogen-bond donors (Lipinski definition) is 2. The molecule has 0 amide bonds. The van der Waals surface area contributed by atoms with Crippen LogP contribution in [0, 0.1) is 0 Å². The van der Waals surface area contributed by atoms with E-state index in [-0.39, 0.29) is 0 Å². The maximum atomic E-state index is 5.88. The van der Waals surface area contributed by atoms with Crippen LogP contribution >= 0.6 is 11.6 Å². The summed E-state index contributed by atoms with van der Waals surface area (Å²) >= 11 is 5.88. The molecule has 2 N–H and O–H groups in total. The molecule has 0 aliphatic rings. The zero-order valence-corrected chi connectivity index (χ0v) is 12.3. The van der Waals surface area contributed by atoms with Crippen LogP contribution in [-0.2, 0) is 0 Å². The molecule has 106 valence electrons. The van der Waals surface area contributed by atoms with Crippen molar-refractivity contribution in [3.63, 3.8) is 0 Å². The number of nitrogens with one attached hydrogen (secondary N) is 2. The Bertz CT molecular complexity index is 396. The van der Waals surface area contributed by atoms with Gasteiger partial charge in [0.15, 0.2) is 5.96 Å². The van der Waals surface area contributed by atoms with E-state index < -0.39 is 0 Å². The third-order valence-electron chi connectivity index (χ3n) is 2.30. The van der Waals surface area contributed by atoms with E-state index in [0.29, 0.717) is 18.2 Å². The summed E-state index contributed by atoms with van der Waals surface area (Å²) in [5.41, 5.74) is 0. The van der Waals surface area contributed by atoms with E-state index in [4.69, 9.17) is 16.3 Å². The van der Waals surface area contributed by atoms with Gasteiger partial charge in [-0.3, -0.25) is 4.99 Å². The van der Waals surface area contributed by atoms with E-state index in [2.05, 4.69) is 22.5 Å². The number of rotatable bonds is 7. The molecule has 0 radical (unpaired) electrons. The topological polar surface area (TPSA) is 45.7 Å². The first-order valence-electron chi connectivity index (χ1n) is 6.66. The molecule has 0 atom stereocenters. The van der Waals surface area contributed by atoms with Gasteiger partial charge in [0.2, 0.25) is 0 Å². The zero-order valence-electron chi connectivity index (χ0n) is 11.6. The van der Waals surface area contributed by atoms with E-state index in [9.17, 15) is 0 Å². The molecule has 0 unspecified atom stereocenters. The van der Waals surface area contributed by atoms with Crippen LogP contribution in [-0.4, -0.2) is 32.2 Å². The molecule has 0 spiro atoms. The Balaban J connectivity index is 2.28. The summed E-state index contributed by atoms with van der Waals surface area (Å²) in [5, 5.41) is 7.09. The highest BCUT2D eigenvalue weighted by Gasteiger charge is 1.97. The highest BCUT2D eigenvalue weighted by molar-refractivity contribution is 6.30. The van der Waals surface area contributed by atoms with E-state index >= 15 is 0 Å². The Morgan fingerprint density at radius 1 is 1.32 bits per heavy atom. The fourth-order valence-corrected chi connectivity index (χ4v) is 1.64. The Labute approximate surface area is 120 Å². The first kappa shape index (κ1) is 15.6. The Morgan fingerprint density at radius 3 is 2.84 bits per heavy atom. The van der Waals surface area contributed by atoms with Crippen LogP contribution in [0.15, 0.2) is 29.3 Å². The SMILES string of the molecule is CCCN=C(NCC)NCCOc1cccc(Cl)c1. The van der Waals surface area contributed by atoms with Crippen LogP contribution in [0.25, 0.3) is 0 Å².